The minimum Gasteiger partial charge on any atom is -0.410 e. The molecule has 0 radical (unpaired) electrons. The zero-order chi connectivity index (χ0) is 9.84. The average molecular weight is 187 g/mol. The van der Waals surface area contributed by atoms with Gasteiger partial charge in [0.15, 0.2) is 0 Å². The maximum absolute atomic E-state index is 10.6. The molecule has 6 heteroatoms. The van der Waals surface area contributed by atoms with Gasteiger partial charge in [-0.15, -0.1) is 0 Å². The van der Waals surface area contributed by atoms with E-state index in [-0.39, 0.29) is 5.76 Å². The normalized spacial score (nSPS) is 15.3. The third-order valence-electron chi connectivity index (χ3n) is 1.47. The highest BCUT2D eigenvalue weighted by Crippen LogP contribution is 2.13. The summed E-state index contributed by atoms with van der Waals surface area (Å²) in [6.07, 6.45) is -1.64. The fourth-order valence-electron chi connectivity index (χ4n) is 0.781. The predicted octanol–water partition coefficient (Wildman–Crippen LogP) is -1.58. The van der Waals surface area contributed by atoms with Crippen molar-refractivity contribution in [3.8, 4) is 0 Å². The summed E-state index contributed by atoms with van der Waals surface area (Å²) in [7, 11) is 0. The molecular formula is C7H9NO5. The van der Waals surface area contributed by atoms with Gasteiger partial charge in [0.25, 0.3) is 0 Å². The fourth-order valence-corrected chi connectivity index (χ4v) is 0.781. The Hall–Kier alpha value is -1.24. The van der Waals surface area contributed by atoms with E-state index in [2.05, 4.69) is 9.40 Å². The van der Waals surface area contributed by atoms with Crippen molar-refractivity contribution in [3.05, 3.63) is 28.6 Å². The van der Waals surface area contributed by atoms with Gasteiger partial charge in [-0.3, -0.25) is 0 Å². The highest BCUT2D eigenvalue weighted by Gasteiger charge is 2.19. The number of hydrogen-bond donors (Lipinski definition) is 3. The van der Waals surface area contributed by atoms with Crippen LogP contribution in [0.3, 0.4) is 0 Å². The van der Waals surface area contributed by atoms with Crippen LogP contribution < -0.4 is 5.76 Å². The monoisotopic (exact) mass is 187 g/mol. The first-order valence-electron chi connectivity index (χ1n) is 3.58. The van der Waals surface area contributed by atoms with Gasteiger partial charge >= 0.3 is 5.76 Å². The maximum Gasteiger partial charge on any atom is 0.438 e. The zero-order valence-corrected chi connectivity index (χ0v) is 6.62. The summed E-state index contributed by atoms with van der Waals surface area (Å²) in [4.78, 5) is 13.8. The lowest BCUT2D eigenvalue weighted by atomic mass is 10.1. The highest BCUT2D eigenvalue weighted by molar-refractivity contribution is 4.99. The summed E-state index contributed by atoms with van der Waals surface area (Å²) in [5.41, 5.74) is 0. The molecule has 0 fully saturated rings. The molecule has 1 rings (SSSR count). The third-order valence-corrected chi connectivity index (χ3v) is 1.47. The molecule has 1 aromatic rings. The number of aliphatic hydroxyl groups is 3. The number of aliphatic hydroxyl groups excluding tert-OH is 3. The standard InChI is InChI=1S/C7H9NO5/c9-3-4(10)6(11)5-1-2-8-7(12)13-5/h1-2,4,6,9-11H,3H2. The van der Waals surface area contributed by atoms with Crippen LogP contribution in [0.5, 0.6) is 0 Å². The number of aromatic nitrogens is 1. The third kappa shape index (κ3) is 2.35. The van der Waals surface area contributed by atoms with Crippen molar-refractivity contribution >= 4 is 0 Å². The van der Waals surface area contributed by atoms with E-state index in [1.54, 1.807) is 0 Å². The van der Waals surface area contributed by atoms with E-state index in [9.17, 15) is 9.90 Å². The Bertz CT molecular complexity index is 323. The van der Waals surface area contributed by atoms with Crippen LogP contribution in [-0.4, -0.2) is 33.0 Å². The molecule has 3 N–H and O–H groups in total. The molecule has 72 valence electrons. The lowest BCUT2D eigenvalue weighted by molar-refractivity contribution is -0.0268. The molecule has 2 atom stereocenters. The van der Waals surface area contributed by atoms with E-state index < -0.39 is 24.6 Å². The van der Waals surface area contributed by atoms with E-state index in [1.165, 1.54) is 6.07 Å². The average Bonchev–Trinajstić information content (AvgIpc) is 2.15. The molecule has 0 aliphatic carbocycles. The lowest BCUT2D eigenvalue weighted by Crippen LogP contribution is -2.23. The topological polar surface area (TPSA) is 104 Å². The molecule has 0 saturated heterocycles. The Labute approximate surface area is 73.1 Å². The van der Waals surface area contributed by atoms with Crippen LogP contribution in [0.15, 0.2) is 21.5 Å². The van der Waals surface area contributed by atoms with E-state index >= 15 is 0 Å². The number of nitrogens with zero attached hydrogens (tertiary/aromatic N) is 1. The van der Waals surface area contributed by atoms with Gasteiger partial charge in [-0.1, -0.05) is 0 Å². The maximum atomic E-state index is 10.6. The minimum atomic E-state index is -1.42. The van der Waals surface area contributed by atoms with Gasteiger partial charge in [0.05, 0.1) is 6.61 Å². The number of rotatable bonds is 3. The van der Waals surface area contributed by atoms with Crippen molar-refractivity contribution < 1.29 is 19.7 Å². The number of hydrogen-bond acceptors (Lipinski definition) is 6. The second-order valence-corrected chi connectivity index (χ2v) is 2.41. The summed E-state index contributed by atoms with van der Waals surface area (Å²) < 4.78 is 4.47. The van der Waals surface area contributed by atoms with Gasteiger partial charge in [-0.2, -0.15) is 4.98 Å². The SMILES string of the molecule is O=c1nccc(C(O)C(O)CO)o1. The van der Waals surface area contributed by atoms with Crippen LogP contribution in [0.2, 0.25) is 0 Å². The smallest absolute Gasteiger partial charge is 0.410 e. The molecule has 0 bridgehead atoms. The van der Waals surface area contributed by atoms with Gasteiger partial charge in [-0.25, -0.2) is 4.79 Å². The second kappa shape index (κ2) is 4.13. The summed E-state index contributed by atoms with van der Waals surface area (Å²) in [6, 6.07) is 1.24. The quantitative estimate of drug-likeness (QED) is 0.527. The van der Waals surface area contributed by atoms with E-state index in [1.807, 2.05) is 0 Å². The van der Waals surface area contributed by atoms with E-state index in [0.29, 0.717) is 0 Å². The minimum absolute atomic E-state index is 0.124. The van der Waals surface area contributed by atoms with Crippen LogP contribution in [-0.2, 0) is 0 Å². The van der Waals surface area contributed by atoms with Gasteiger partial charge in [0.2, 0.25) is 0 Å². The van der Waals surface area contributed by atoms with Crippen molar-refractivity contribution in [3.63, 3.8) is 0 Å². The summed E-state index contributed by atoms with van der Waals surface area (Å²) in [5, 5.41) is 26.7. The summed E-state index contributed by atoms with van der Waals surface area (Å²) in [6.45, 7) is -0.618. The first-order valence-corrected chi connectivity index (χ1v) is 3.58. The van der Waals surface area contributed by atoms with Crippen molar-refractivity contribution in [1.82, 2.24) is 4.98 Å². The molecule has 0 spiro atoms. The summed E-state index contributed by atoms with van der Waals surface area (Å²) >= 11 is 0. The van der Waals surface area contributed by atoms with Gasteiger partial charge in [0.1, 0.15) is 18.0 Å². The predicted molar refractivity (Wildman–Crippen MR) is 40.8 cm³/mol. The van der Waals surface area contributed by atoms with E-state index in [4.69, 9.17) is 10.2 Å². The lowest BCUT2D eigenvalue weighted by Gasteiger charge is -2.13. The molecular weight excluding hydrogens is 178 g/mol. The fraction of sp³-hybridized carbons (Fsp3) is 0.429. The van der Waals surface area contributed by atoms with Gasteiger partial charge < -0.3 is 19.7 Å². The van der Waals surface area contributed by atoms with Crippen LogP contribution in [0.25, 0.3) is 0 Å². The molecule has 1 aromatic heterocycles. The van der Waals surface area contributed by atoms with Crippen molar-refractivity contribution in [2.75, 3.05) is 6.61 Å². The van der Waals surface area contributed by atoms with Gasteiger partial charge in [-0.05, 0) is 6.07 Å². The van der Waals surface area contributed by atoms with Crippen LogP contribution in [0, 0.1) is 0 Å². The first-order chi connectivity index (χ1) is 6.15. The largest absolute Gasteiger partial charge is 0.438 e. The van der Waals surface area contributed by atoms with Gasteiger partial charge in [0, 0.05) is 6.20 Å². The van der Waals surface area contributed by atoms with Crippen LogP contribution in [0.4, 0.5) is 0 Å². The molecule has 0 amide bonds. The van der Waals surface area contributed by atoms with Crippen molar-refractivity contribution in [1.29, 1.82) is 0 Å². The summed E-state index contributed by atoms with van der Waals surface area (Å²) in [5.74, 6) is -0.983. The molecule has 0 aliphatic rings. The molecule has 0 aliphatic heterocycles. The molecule has 0 saturated carbocycles. The van der Waals surface area contributed by atoms with Crippen LogP contribution in [0.1, 0.15) is 11.9 Å². The Morgan fingerprint density at radius 1 is 1.54 bits per heavy atom. The van der Waals surface area contributed by atoms with E-state index in [0.717, 1.165) is 6.20 Å². The molecule has 1 heterocycles. The molecule has 13 heavy (non-hydrogen) atoms. The Kier molecular flexibility index (Phi) is 3.13. The van der Waals surface area contributed by atoms with Crippen molar-refractivity contribution in [2.24, 2.45) is 0 Å². The zero-order valence-electron chi connectivity index (χ0n) is 6.62. The highest BCUT2D eigenvalue weighted by atomic mass is 16.4. The molecule has 0 aromatic carbocycles. The molecule has 6 nitrogen and oxygen atoms in total. The van der Waals surface area contributed by atoms with Crippen LogP contribution >= 0.6 is 0 Å². The first kappa shape index (κ1) is 9.85. The Morgan fingerprint density at radius 2 is 2.23 bits per heavy atom. The molecule has 2 unspecified atom stereocenters. The Balaban J connectivity index is 2.88. The van der Waals surface area contributed by atoms with Crippen molar-refractivity contribution in [2.45, 2.75) is 12.2 Å². The Morgan fingerprint density at radius 3 is 2.77 bits per heavy atom. The second-order valence-electron chi connectivity index (χ2n) is 2.41.